The summed E-state index contributed by atoms with van der Waals surface area (Å²) in [5.74, 6) is 1.53. The predicted octanol–water partition coefficient (Wildman–Crippen LogP) is 2.72. The van der Waals surface area contributed by atoms with Crippen molar-refractivity contribution < 1.29 is 0 Å². The molecule has 0 saturated heterocycles. The lowest BCUT2D eigenvalue weighted by Gasteiger charge is -2.07. The van der Waals surface area contributed by atoms with E-state index in [2.05, 4.69) is 26.7 Å². The van der Waals surface area contributed by atoms with Crippen LogP contribution in [0.25, 0.3) is 0 Å². The quantitative estimate of drug-likeness (QED) is 0.857. The summed E-state index contributed by atoms with van der Waals surface area (Å²) < 4.78 is 0. The third-order valence-electron chi connectivity index (χ3n) is 2.53. The van der Waals surface area contributed by atoms with Gasteiger partial charge in [-0.3, -0.25) is 0 Å². The van der Waals surface area contributed by atoms with Crippen molar-refractivity contribution in [1.82, 2.24) is 9.97 Å². The Balaban J connectivity index is 2.08. The maximum Gasteiger partial charge on any atom is 0.135 e. The molecule has 0 spiro atoms. The van der Waals surface area contributed by atoms with Crippen molar-refractivity contribution in [3.8, 4) is 6.07 Å². The van der Waals surface area contributed by atoms with Crippen molar-refractivity contribution in [3.63, 3.8) is 0 Å². The Bertz CT molecular complexity index is 571. The van der Waals surface area contributed by atoms with Crippen molar-refractivity contribution in [2.24, 2.45) is 0 Å². The first-order valence-corrected chi connectivity index (χ1v) is 6.10. The van der Waals surface area contributed by atoms with Gasteiger partial charge < -0.3 is 10.6 Å². The van der Waals surface area contributed by atoms with Crippen LogP contribution in [-0.2, 0) is 6.42 Å². The van der Waals surface area contributed by atoms with Crippen LogP contribution in [0.15, 0.2) is 36.7 Å². The van der Waals surface area contributed by atoms with Gasteiger partial charge in [-0.1, -0.05) is 12.1 Å². The molecule has 0 aliphatic rings. The summed E-state index contributed by atoms with van der Waals surface area (Å²) >= 11 is 0. The lowest BCUT2D eigenvalue weighted by atomic mass is 10.1. The first kappa shape index (κ1) is 12.8. The summed E-state index contributed by atoms with van der Waals surface area (Å²) in [6.45, 7) is 2.84. The van der Waals surface area contributed by atoms with Crippen molar-refractivity contribution in [2.75, 3.05) is 17.2 Å². The van der Waals surface area contributed by atoms with Gasteiger partial charge in [0.25, 0.3) is 0 Å². The van der Waals surface area contributed by atoms with Crippen molar-refractivity contribution >= 4 is 17.3 Å². The number of anilines is 3. The average Bonchev–Trinajstić information content (AvgIpc) is 2.42. The van der Waals surface area contributed by atoms with Gasteiger partial charge >= 0.3 is 0 Å². The number of aromatic nitrogens is 2. The number of nitrogens with one attached hydrogen (secondary N) is 2. The minimum Gasteiger partial charge on any atom is -0.370 e. The maximum absolute atomic E-state index is 8.62. The molecule has 0 fully saturated rings. The Morgan fingerprint density at radius 2 is 1.89 bits per heavy atom. The molecular weight excluding hydrogens is 238 g/mol. The van der Waals surface area contributed by atoms with E-state index < -0.39 is 0 Å². The highest BCUT2D eigenvalue weighted by Crippen LogP contribution is 2.16. The molecule has 19 heavy (non-hydrogen) atoms. The SMILES string of the molecule is CCNc1cc(Nc2ccc(CC#N)cc2)ncn1. The predicted molar refractivity (Wildman–Crippen MR) is 75.2 cm³/mol. The van der Waals surface area contributed by atoms with Crippen LogP contribution >= 0.6 is 0 Å². The van der Waals surface area contributed by atoms with Gasteiger partial charge in [-0.05, 0) is 24.6 Å². The molecule has 0 atom stereocenters. The molecule has 2 aromatic rings. The fourth-order valence-electron chi connectivity index (χ4n) is 1.65. The van der Waals surface area contributed by atoms with Crippen LogP contribution in [0.2, 0.25) is 0 Å². The number of nitrogens with zero attached hydrogens (tertiary/aromatic N) is 3. The molecule has 1 aromatic carbocycles. The summed E-state index contributed by atoms with van der Waals surface area (Å²) in [6.07, 6.45) is 1.95. The van der Waals surface area contributed by atoms with Crippen LogP contribution in [0.3, 0.4) is 0 Å². The second-order valence-electron chi connectivity index (χ2n) is 3.98. The van der Waals surface area contributed by atoms with Gasteiger partial charge in [0.1, 0.15) is 18.0 Å². The highest BCUT2D eigenvalue weighted by Gasteiger charge is 1.99. The molecule has 0 saturated carbocycles. The van der Waals surface area contributed by atoms with E-state index in [0.717, 1.165) is 29.4 Å². The monoisotopic (exact) mass is 253 g/mol. The summed E-state index contributed by atoms with van der Waals surface area (Å²) in [4.78, 5) is 8.27. The number of benzene rings is 1. The Morgan fingerprint density at radius 1 is 1.16 bits per heavy atom. The van der Waals surface area contributed by atoms with Gasteiger partial charge in [-0.2, -0.15) is 5.26 Å². The number of hydrogen-bond donors (Lipinski definition) is 2. The molecule has 0 aliphatic heterocycles. The lowest BCUT2D eigenvalue weighted by Crippen LogP contribution is -2.01. The largest absolute Gasteiger partial charge is 0.370 e. The van der Waals surface area contributed by atoms with Gasteiger partial charge in [0.2, 0.25) is 0 Å². The van der Waals surface area contributed by atoms with Crippen LogP contribution in [0.5, 0.6) is 0 Å². The van der Waals surface area contributed by atoms with Crippen molar-refractivity contribution in [2.45, 2.75) is 13.3 Å². The van der Waals surface area contributed by atoms with E-state index in [1.807, 2.05) is 37.3 Å². The molecule has 0 amide bonds. The summed E-state index contributed by atoms with van der Waals surface area (Å²) in [5.41, 5.74) is 1.94. The molecule has 1 aromatic heterocycles. The fraction of sp³-hybridized carbons (Fsp3) is 0.214. The van der Waals surface area contributed by atoms with Crippen LogP contribution < -0.4 is 10.6 Å². The Labute approximate surface area is 112 Å². The zero-order chi connectivity index (χ0) is 13.5. The molecule has 0 aliphatic carbocycles. The van der Waals surface area contributed by atoms with Gasteiger partial charge in [-0.15, -0.1) is 0 Å². The number of hydrogen-bond acceptors (Lipinski definition) is 5. The van der Waals surface area contributed by atoms with E-state index in [1.54, 1.807) is 0 Å². The van der Waals surface area contributed by atoms with Crippen molar-refractivity contribution in [1.29, 1.82) is 5.26 Å². The Kier molecular flexibility index (Phi) is 4.29. The molecule has 5 heteroatoms. The molecule has 2 rings (SSSR count). The van der Waals surface area contributed by atoms with E-state index in [9.17, 15) is 0 Å². The Hall–Kier alpha value is -2.61. The first-order chi connectivity index (χ1) is 9.31. The van der Waals surface area contributed by atoms with E-state index in [1.165, 1.54) is 6.33 Å². The van der Waals surface area contributed by atoms with E-state index >= 15 is 0 Å². The first-order valence-electron chi connectivity index (χ1n) is 6.10. The summed E-state index contributed by atoms with van der Waals surface area (Å²) in [6, 6.07) is 11.7. The molecule has 0 unspecified atom stereocenters. The molecule has 96 valence electrons. The van der Waals surface area contributed by atoms with Crippen LogP contribution in [0, 0.1) is 11.3 Å². The third-order valence-corrected chi connectivity index (χ3v) is 2.53. The topological polar surface area (TPSA) is 73.6 Å². The van der Waals surface area contributed by atoms with Gasteiger partial charge in [0.15, 0.2) is 0 Å². The highest BCUT2D eigenvalue weighted by atomic mass is 15.1. The third kappa shape index (κ3) is 3.68. The van der Waals surface area contributed by atoms with Crippen LogP contribution in [-0.4, -0.2) is 16.5 Å². The summed E-state index contributed by atoms with van der Waals surface area (Å²) in [7, 11) is 0. The minimum atomic E-state index is 0.429. The molecular formula is C14H15N5. The molecule has 0 radical (unpaired) electrons. The standard InChI is InChI=1S/C14H15N5/c1-2-16-13-9-14(18-10-17-13)19-12-5-3-11(4-6-12)7-8-15/h3-6,9-10H,2,7H2,1H3,(H2,16,17,18,19). The number of nitriles is 1. The zero-order valence-corrected chi connectivity index (χ0v) is 10.7. The van der Waals surface area contributed by atoms with Gasteiger partial charge in [0.05, 0.1) is 12.5 Å². The van der Waals surface area contributed by atoms with Gasteiger partial charge in [-0.25, -0.2) is 9.97 Å². The van der Waals surface area contributed by atoms with Crippen LogP contribution in [0.4, 0.5) is 17.3 Å². The van der Waals surface area contributed by atoms with E-state index in [-0.39, 0.29) is 0 Å². The van der Waals surface area contributed by atoms with Gasteiger partial charge in [0, 0.05) is 18.3 Å². The highest BCUT2D eigenvalue weighted by molar-refractivity contribution is 5.59. The normalized spacial score (nSPS) is 9.68. The zero-order valence-electron chi connectivity index (χ0n) is 10.7. The Morgan fingerprint density at radius 3 is 2.58 bits per heavy atom. The van der Waals surface area contributed by atoms with E-state index in [0.29, 0.717) is 6.42 Å². The minimum absolute atomic E-state index is 0.429. The number of rotatable bonds is 5. The molecule has 1 heterocycles. The average molecular weight is 253 g/mol. The van der Waals surface area contributed by atoms with Crippen LogP contribution in [0.1, 0.15) is 12.5 Å². The molecule has 0 bridgehead atoms. The second kappa shape index (κ2) is 6.36. The maximum atomic E-state index is 8.62. The fourth-order valence-corrected chi connectivity index (χ4v) is 1.65. The van der Waals surface area contributed by atoms with E-state index in [4.69, 9.17) is 5.26 Å². The van der Waals surface area contributed by atoms with Crippen molar-refractivity contribution in [3.05, 3.63) is 42.2 Å². The molecule has 2 N–H and O–H groups in total. The lowest BCUT2D eigenvalue weighted by molar-refractivity contribution is 1.11. The smallest absolute Gasteiger partial charge is 0.135 e. The second-order valence-corrected chi connectivity index (χ2v) is 3.98. The summed E-state index contributed by atoms with van der Waals surface area (Å²) in [5, 5.41) is 14.9. The molecule has 5 nitrogen and oxygen atoms in total.